The molecule has 1 amide bonds. The van der Waals surface area contributed by atoms with Gasteiger partial charge in [0, 0.05) is 19.0 Å². The van der Waals surface area contributed by atoms with Gasteiger partial charge in [0.25, 0.3) is 0 Å². The van der Waals surface area contributed by atoms with E-state index in [-0.39, 0.29) is 32.2 Å². The second kappa shape index (κ2) is 6.63. The second-order valence-corrected chi connectivity index (χ2v) is 5.41. The highest BCUT2D eigenvalue weighted by Gasteiger charge is 2.31. The van der Waals surface area contributed by atoms with Crippen molar-refractivity contribution in [3.05, 3.63) is 33.8 Å². The van der Waals surface area contributed by atoms with Crippen molar-refractivity contribution in [3.63, 3.8) is 0 Å². The van der Waals surface area contributed by atoms with E-state index in [2.05, 4.69) is 0 Å². The van der Waals surface area contributed by atoms with Crippen LogP contribution in [0.15, 0.2) is 18.2 Å². The summed E-state index contributed by atoms with van der Waals surface area (Å²) >= 11 is 11.9. The maximum Gasteiger partial charge on any atom is 0.407 e. The molecule has 0 aliphatic carbocycles. The summed E-state index contributed by atoms with van der Waals surface area (Å²) in [4.78, 5) is 12.4. The molecule has 0 bridgehead atoms. The molecular weight excluding hydrogens is 305 g/mol. The molecule has 1 aromatic carbocycles. The summed E-state index contributed by atoms with van der Waals surface area (Å²) in [5, 5.41) is 19.4. The predicted molar refractivity (Wildman–Crippen MR) is 75.6 cm³/mol. The molecule has 0 unspecified atom stereocenters. The molecule has 0 saturated carbocycles. The fourth-order valence-electron chi connectivity index (χ4n) is 2.29. The van der Waals surface area contributed by atoms with Crippen molar-refractivity contribution >= 4 is 29.3 Å². The van der Waals surface area contributed by atoms with Crippen molar-refractivity contribution in [1.29, 1.82) is 0 Å². The first-order valence-electron chi connectivity index (χ1n) is 6.18. The van der Waals surface area contributed by atoms with Gasteiger partial charge in [-0.1, -0.05) is 29.3 Å². The Morgan fingerprint density at radius 1 is 1.40 bits per heavy atom. The van der Waals surface area contributed by atoms with E-state index in [4.69, 9.17) is 33.0 Å². The molecule has 0 aromatic heterocycles. The van der Waals surface area contributed by atoms with Gasteiger partial charge >= 0.3 is 6.09 Å². The molecule has 7 heteroatoms. The topological polar surface area (TPSA) is 70.0 Å². The van der Waals surface area contributed by atoms with Crippen molar-refractivity contribution in [1.82, 2.24) is 4.90 Å². The molecular formula is C13H15Cl2NO4. The van der Waals surface area contributed by atoms with E-state index in [1.165, 1.54) is 4.90 Å². The van der Waals surface area contributed by atoms with Gasteiger partial charge in [0.15, 0.2) is 0 Å². The molecule has 2 atom stereocenters. The zero-order valence-corrected chi connectivity index (χ0v) is 12.1. The molecule has 1 fully saturated rings. The highest BCUT2D eigenvalue weighted by molar-refractivity contribution is 6.42. The van der Waals surface area contributed by atoms with E-state index < -0.39 is 12.2 Å². The summed E-state index contributed by atoms with van der Waals surface area (Å²) in [5.41, 5.74) is 0.798. The second-order valence-electron chi connectivity index (χ2n) is 4.60. The molecule has 1 saturated heterocycles. The Morgan fingerprint density at radius 2 is 2.15 bits per heavy atom. The van der Waals surface area contributed by atoms with Gasteiger partial charge in [-0.3, -0.25) is 0 Å². The lowest BCUT2D eigenvalue weighted by atomic mass is 9.93. The minimum atomic E-state index is -1.00. The molecule has 20 heavy (non-hydrogen) atoms. The Bertz CT molecular complexity index is 497. The lowest BCUT2D eigenvalue weighted by Gasteiger charge is -2.26. The van der Waals surface area contributed by atoms with E-state index in [0.29, 0.717) is 10.0 Å². The largest absolute Gasteiger partial charge is 0.465 e. The van der Waals surface area contributed by atoms with Crippen LogP contribution in [0, 0.1) is 0 Å². The number of ether oxygens (including phenoxy) is 1. The van der Waals surface area contributed by atoms with Crippen molar-refractivity contribution in [2.45, 2.75) is 12.0 Å². The maximum atomic E-state index is 11.2. The van der Waals surface area contributed by atoms with Crippen LogP contribution in [0.25, 0.3) is 0 Å². The van der Waals surface area contributed by atoms with Crippen molar-refractivity contribution < 1.29 is 19.7 Å². The van der Waals surface area contributed by atoms with Crippen LogP contribution < -0.4 is 0 Å². The third kappa shape index (κ3) is 3.35. The minimum absolute atomic E-state index is 0.182. The molecule has 2 rings (SSSR count). The average Bonchev–Trinajstić information content (AvgIpc) is 2.64. The van der Waals surface area contributed by atoms with Gasteiger partial charge in [-0.2, -0.15) is 0 Å². The minimum Gasteiger partial charge on any atom is -0.465 e. The Hall–Kier alpha value is -1.01. The zero-order valence-electron chi connectivity index (χ0n) is 10.6. The van der Waals surface area contributed by atoms with E-state index in [1.54, 1.807) is 18.2 Å². The molecule has 1 heterocycles. The number of carboxylic acid groups (broad SMARTS) is 1. The first-order chi connectivity index (χ1) is 9.52. The van der Waals surface area contributed by atoms with Crippen LogP contribution in [0.3, 0.4) is 0 Å². The Labute approximate surface area is 126 Å². The average molecular weight is 320 g/mol. The number of nitrogens with zero attached hydrogens (tertiary/aromatic N) is 1. The van der Waals surface area contributed by atoms with E-state index in [0.717, 1.165) is 5.56 Å². The highest BCUT2D eigenvalue weighted by atomic mass is 35.5. The van der Waals surface area contributed by atoms with Crippen LogP contribution in [0.1, 0.15) is 11.5 Å². The first-order valence-corrected chi connectivity index (χ1v) is 6.93. The van der Waals surface area contributed by atoms with Crippen molar-refractivity contribution in [3.8, 4) is 0 Å². The molecule has 1 aromatic rings. The quantitative estimate of drug-likeness (QED) is 0.878. The summed E-state index contributed by atoms with van der Waals surface area (Å²) in [6.07, 6.45) is -1.46. The number of amides is 1. The van der Waals surface area contributed by atoms with Gasteiger partial charge in [-0.05, 0) is 17.7 Å². The standard InChI is InChI=1S/C13H15Cl2NO4/c14-10-2-1-8(5-11(10)15)9-6-16(13(18)19)3-4-20-12(9)7-17/h1-2,5,9,12,17H,3-4,6-7H2,(H,18,19)/t9-,12-/m0/s1. The van der Waals surface area contributed by atoms with Gasteiger partial charge in [0.2, 0.25) is 0 Å². The lowest BCUT2D eigenvalue weighted by Crippen LogP contribution is -2.35. The number of aliphatic hydroxyl groups excluding tert-OH is 1. The van der Waals surface area contributed by atoms with Gasteiger partial charge in [-0.15, -0.1) is 0 Å². The van der Waals surface area contributed by atoms with Crippen LogP contribution in [-0.4, -0.2) is 53.6 Å². The number of hydrogen-bond acceptors (Lipinski definition) is 3. The number of rotatable bonds is 2. The van der Waals surface area contributed by atoms with E-state index in [9.17, 15) is 9.90 Å². The third-order valence-electron chi connectivity index (χ3n) is 3.38. The predicted octanol–water partition coefficient (Wildman–Crippen LogP) is 2.45. The number of hydrogen-bond donors (Lipinski definition) is 2. The van der Waals surface area contributed by atoms with Gasteiger partial charge in [0.05, 0.1) is 29.4 Å². The summed E-state index contributed by atoms with van der Waals surface area (Å²) in [5.74, 6) is -0.284. The molecule has 2 N–H and O–H groups in total. The zero-order chi connectivity index (χ0) is 14.7. The SMILES string of the molecule is O=C(O)N1CCO[C@@H](CO)[C@H](c2ccc(Cl)c(Cl)c2)C1. The fraction of sp³-hybridized carbons (Fsp3) is 0.462. The van der Waals surface area contributed by atoms with Crippen LogP contribution in [0.2, 0.25) is 10.0 Å². The van der Waals surface area contributed by atoms with Crippen molar-refractivity contribution in [2.24, 2.45) is 0 Å². The Morgan fingerprint density at radius 3 is 2.75 bits per heavy atom. The third-order valence-corrected chi connectivity index (χ3v) is 4.12. The van der Waals surface area contributed by atoms with Crippen LogP contribution >= 0.6 is 23.2 Å². The summed E-state index contributed by atoms with van der Waals surface area (Å²) < 4.78 is 5.54. The van der Waals surface area contributed by atoms with E-state index in [1.807, 2.05) is 0 Å². The van der Waals surface area contributed by atoms with Crippen LogP contribution in [0.4, 0.5) is 4.79 Å². The Balaban J connectivity index is 2.31. The molecule has 0 radical (unpaired) electrons. The van der Waals surface area contributed by atoms with Gasteiger partial charge in [0.1, 0.15) is 0 Å². The fourth-order valence-corrected chi connectivity index (χ4v) is 2.60. The molecule has 0 spiro atoms. The monoisotopic (exact) mass is 319 g/mol. The van der Waals surface area contributed by atoms with Crippen LogP contribution in [0.5, 0.6) is 0 Å². The number of benzene rings is 1. The summed E-state index contributed by atoms with van der Waals surface area (Å²) in [6.45, 7) is 0.607. The summed E-state index contributed by atoms with van der Waals surface area (Å²) in [7, 11) is 0. The van der Waals surface area contributed by atoms with Crippen molar-refractivity contribution in [2.75, 3.05) is 26.3 Å². The Kier molecular flexibility index (Phi) is 5.10. The molecule has 1 aliphatic heterocycles. The first kappa shape index (κ1) is 15.4. The van der Waals surface area contributed by atoms with Gasteiger partial charge < -0.3 is 19.8 Å². The number of halogens is 2. The summed E-state index contributed by atoms with van der Waals surface area (Å²) in [6, 6.07) is 5.12. The van der Waals surface area contributed by atoms with Crippen LogP contribution in [-0.2, 0) is 4.74 Å². The smallest absolute Gasteiger partial charge is 0.407 e. The maximum absolute atomic E-state index is 11.2. The normalized spacial score (nSPS) is 23.4. The molecule has 1 aliphatic rings. The van der Waals surface area contributed by atoms with Gasteiger partial charge in [-0.25, -0.2) is 4.79 Å². The van der Waals surface area contributed by atoms with E-state index >= 15 is 0 Å². The number of carbonyl (C=O) groups is 1. The lowest BCUT2D eigenvalue weighted by molar-refractivity contribution is 0.0104. The number of aliphatic hydroxyl groups is 1. The molecule has 110 valence electrons. The molecule has 5 nitrogen and oxygen atoms in total. The highest BCUT2D eigenvalue weighted by Crippen LogP contribution is 2.30.